The number of carbonyl (C=O) groups excluding carboxylic acids is 1. The number of aliphatic hydroxyl groups is 1. The lowest BCUT2D eigenvalue weighted by molar-refractivity contribution is -0.130. The highest BCUT2D eigenvalue weighted by molar-refractivity contribution is 6.01. The van der Waals surface area contributed by atoms with Crippen molar-refractivity contribution in [2.45, 2.75) is 64.4 Å². The summed E-state index contributed by atoms with van der Waals surface area (Å²) < 4.78 is 16.1. The van der Waals surface area contributed by atoms with Gasteiger partial charge in [-0.1, -0.05) is 75.9 Å². The van der Waals surface area contributed by atoms with E-state index >= 15 is 0 Å². The fourth-order valence-corrected chi connectivity index (χ4v) is 5.15. The second-order valence-electron chi connectivity index (χ2n) is 12.3. The molecule has 0 fully saturated rings. The Hall–Kier alpha value is -4.61. The van der Waals surface area contributed by atoms with Gasteiger partial charge < -0.3 is 24.4 Å². The summed E-state index contributed by atoms with van der Waals surface area (Å²) in [7, 11) is 0. The number of para-hydroxylation sites is 1. The molecule has 1 amide bonds. The van der Waals surface area contributed by atoms with E-state index in [1.165, 1.54) is 0 Å². The number of anilines is 1. The average Bonchev–Trinajstić information content (AvgIpc) is 3.43. The van der Waals surface area contributed by atoms with Gasteiger partial charge in [-0.15, -0.1) is 0 Å². The van der Waals surface area contributed by atoms with Crippen LogP contribution in [0.1, 0.15) is 63.4 Å². The van der Waals surface area contributed by atoms with Crippen LogP contribution < -0.4 is 20.4 Å². The van der Waals surface area contributed by atoms with E-state index in [2.05, 4.69) is 43.1 Å². The fraction of sp³-hybridized carbons (Fsp3) is 0.324. The normalized spacial score (nSPS) is 14.2. The van der Waals surface area contributed by atoms with Crippen molar-refractivity contribution in [1.82, 2.24) is 5.16 Å². The molecule has 1 aliphatic heterocycles. The topological polar surface area (TPSA) is 111 Å². The largest absolute Gasteiger partial charge is 0.454 e. The molecule has 2 N–H and O–H groups in total. The Bertz CT molecular complexity index is 1790. The Morgan fingerprint density at radius 3 is 2.45 bits per heavy atom. The number of amides is 1. The summed E-state index contributed by atoms with van der Waals surface area (Å²) in [6.07, 6.45) is -0.0452. The number of carbonyl (C=O) groups is 1. The molecule has 3 aromatic carbocycles. The zero-order chi connectivity index (χ0) is 30.3. The number of ether oxygens (including phenoxy) is 2. The summed E-state index contributed by atoms with van der Waals surface area (Å²) in [5.74, 6) is 6.41. The van der Waals surface area contributed by atoms with Crippen LogP contribution in [0.4, 0.5) is 5.69 Å². The molecule has 42 heavy (non-hydrogen) atoms. The van der Waals surface area contributed by atoms with Crippen LogP contribution in [0.5, 0.6) is 11.5 Å². The van der Waals surface area contributed by atoms with Crippen molar-refractivity contribution in [2.24, 2.45) is 0 Å². The third-order valence-electron chi connectivity index (χ3n) is 7.52. The van der Waals surface area contributed by atoms with Gasteiger partial charge in [0.1, 0.15) is 0 Å². The number of rotatable bonds is 5. The third-order valence-corrected chi connectivity index (χ3v) is 7.52. The first kappa shape index (κ1) is 28.9. The molecule has 1 aromatic heterocycles. The number of aromatic nitrogens is 1. The molecule has 1 aliphatic rings. The van der Waals surface area contributed by atoms with Crippen molar-refractivity contribution in [1.29, 1.82) is 0 Å². The van der Waals surface area contributed by atoms with Crippen molar-refractivity contribution in [2.75, 3.05) is 12.1 Å². The van der Waals surface area contributed by atoms with E-state index in [1.54, 1.807) is 25.1 Å². The number of nitrogens with one attached hydrogen (secondary N) is 1. The first-order chi connectivity index (χ1) is 19.8. The summed E-state index contributed by atoms with van der Waals surface area (Å²) in [5.41, 5.74) is 0.0402. The number of nitrogens with zero attached hydrogens (tertiary/aromatic N) is 1. The van der Waals surface area contributed by atoms with E-state index in [1.807, 2.05) is 56.3 Å². The predicted molar refractivity (Wildman–Crippen MR) is 161 cm³/mol. The zero-order valence-corrected chi connectivity index (χ0v) is 24.6. The van der Waals surface area contributed by atoms with Crippen molar-refractivity contribution >= 4 is 22.4 Å². The molecule has 8 nitrogen and oxygen atoms in total. The highest BCUT2D eigenvalue weighted by Crippen LogP contribution is 2.44. The summed E-state index contributed by atoms with van der Waals surface area (Å²) >= 11 is 0. The number of benzene rings is 3. The van der Waals surface area contributed by atoms with Crippen LogP contribution in [0.3, 0.4) is 0 Å². The summed E-state index contributed by atoms with van der Waals surface area (Å²) in [6.45, 7) is 12.0. The van der Waals surface area contributed by atoms with Gasteiger partial charge in [-0.25, -0.2) is 4.79 Å². The predicted octanol–water partition coefficient (Wildman–Crippen LogP) is 5.61. The van der Waals surface area contributed by atoms with Gasteiger partial charge in [-0.2, -0.15) is 0 Å². The summed E-state index contributed by atoms with van der Waals surface area (Å²) in [5, 5.41) is 19.5. The maximum absolute atomic E-state index is 13.9. The molecular weight excluding hydrogens is 532 g/mol. The maximum Gasteiger partial charge on any atom is 0.366 e. The molecule has 5 rings (SSSR count). The van der Waals surface area contributed by atoms with Gasteiger partial charge >= 0.3 is 5.63 Å². The molecule has 0 saturated heterocycles. The molecule has 0 spiro atoms. The van der Waals surface area contributed by atoms with E-state index < -0.39 is 22.5 Å². The molecule has 0 saturated carbocycles. The van der Waals surface area contributed by atoms with E-state index in [4.69, 9.17) is 14.0 Å². The van der Waals surface area contributed by atoms with Crippen LogP contribution in [0.2, 0.25) is 0 Å². The van der Waals surface area contributed by atoms with Crippen LogP contribution in [0.25, 0.3) is 10.8 Å². The SMILES string of the molecule is Cc1noc(=O)c2ccc(NC(=O)C(O)(C#Cc3ccc(C(C)(C)C)cc3)CC(C)(C)c3cccc4c3OCO4)cc12. The van der Waals surface area contributed by atoms with Crippen LogP contribution in [-0.2, 0) is 15.6 Å². The molecule has 216 valence electrons. The molecule has 0 radical (unpaired) electrons. The molecule has 8 heteroatoms. The minimum Gasteiger partial charge on any atom is -0.454 e. The minimum atomic E-state index is -2.10. The van der Waals surface area contributed by atoms with Gasteiger partial charge in [0.15, 0.2) is 11.5 Å². The lowest BCUT2D eigenvalue weighted by Gasteiger charge is -2.33. The Kier molecular flexibility index (Phi) is 7.33. The highest BCUT2D eigenvalue weighted by Gasteiger charge is 2.42. The van der Waals surface area contributed by atoms with Crippen LogP contribution in [-0.4, -0.2) is 28.6 Å². The van der Waals surface area contributed by atoms with Crippen LogP contribution >= 0.6 is 0 Å². The van der Waals surface area contributed by atoms with Crippen molar-refractivity contribution in [3.63, 3.8) is 0 Å². The van der Waals surface area contributed by atoms with Crippen molar-refractivity contribution in [3.8, 4) is 23.3 Å². The number of fused-ring (bicyclic) bond motifs is 2. The first-order valence-electron chi connectivity index (χ1n) is 13.7. The third kappa shape index (κ3) is 5.74. The summed E-state index contributed by atoms with van der Waals surface area (Å²) in [6, 6.07) is 18.1. The van der Waals surface area contributed by atoms with Gasteiger partial charge in [0.25, 0.3) is 5.91 Å². The Morgan fingerprint density at radius 2 is 1.74 bits per heavy atom. The first-order valence-corrected chi connectivity index (χ1v) is 13.7. The lowest BCUT2D eigenvalue weighted by atomic mass is 9.74. The van der Waals surface area contributed by atoms with Gasteiger partial charge in [0.2, 0.25) is 12.4 Å². The van der Waals surface area contributed by atoms with Gasteiger partial charge in [0.05, 0.1) is 11.1 Å². The Labute approximate surface area is 244 Å². The lowest BCUT2D eigenvalue weighted by Crippen LogP contribution is -2.46. The van der Waals surface area contributed by atoms with Gasteiger partial charge in [0, 0.05) is 28.6 Å². The van der Waals surface area contributed by atoms with E-state index in [0.717, 1.165) is 11.1 Å². The fourth-order valence-electron chi connectivity index (χ4n) is 5.15. The Morgan fingerprint density at radius 1 is 1.00 bits per heavy atom. The smallest absolute Gasteiger partial charge is 0.366 e. The standard InChI is InChI=1S/C34H34N2O6/c1-21-26-18-24(14-15-25(26)30(37)42-36-21)35-31(38)34(39,17-16-22-10-12-23(13-11-22)32(2,3)4)19-33(5,6)27-8-7-9-28-29(27)41-20-40-28/h7-15,18,39H,19-20H2,1-6H3,(H,35,38). The van der Waals surface area contributed by atoms with Crippen molar-refractivity contribution in [3.05, 3.63) is 93.5 Å². The molecule has 1 atom stereocenters. The van der Waals surface area contributed by atoms with Crippen LogP contribution in [0, 0.1) is 18.8 Å². The second kappa shape index (κ2) is 10.7. The quantitative estimate of drug-likeness (QED) is 0.302. The van der Waals surface area contributed by atoms with Gasteiger partial charge in [-0.3, -0.25) is 4.79 Å². The molecule has 0 aliphatic carbocycles. The molecule has 1 unspecified atom stereocenters. The number of aryl methyl sites for hydroxylation is 1. The van der Waals surface area contributed by atoms with Crippen LogP contribution in [0.15, 0.2) is 70.0 Å². The van der Waals surface area contributed by atoms with Crippen molar-refractivity contribution < 1.29 is 23.9 Å². The van der Waals surface area contributed by atoms with Gasteiger partial charge in [-0.05, 0) is 59.7 Å². The highest BCUT2D eigenvalue weighted by atomic mass is 16.7. The summed E-state index contributed by atoms with van der Waals surface area (Å²) in [4.78, 5) is 26.0. The number of hydrogen-bond donors (Lipinski definition) is 2. The minimum absolute atomic E-state index is 0.0208. The average molecular weight is 567 g/mol. The van der Waals surface area contributed by atoms with E-state index in [-0.39, 0.29) is 18.6 Å². The van der Waals surface area contributed by atoms with E-state index in [0.29, 0.717) is 39.2 Å². The maximum atomic E-state index is 13.9. The molecular formula is C34H34N2O6. The molecule has 0 bridgehead atoms. The molecule has 4 aromatic rings. The number of hydrogen-bond acceptors (Lipinski definition) is 7. The second-order valence-corrected chi connectivity index (χ2v) is 12.3. The monoisotopic (exact) mass is 566 g/mol. The Balaban J connectivity index is 1.52. The van der Waals surface area contributed by atoms with E-state index in [9.17, 15) is 14.7 Å². The zero-order valence-electron chi connectivity index (χ0n) is 24.6. The molecule has 2 heterocycles.